The molecule has 0 bridgehead atoms. The van der Waals surface area contributed by atoms with E-state index in [0.29, 0.717) is 25.5 Å². The highest BCUT2D eigenvalue weighted by molar-refractivity contribution is 5.74. The first-order valence-electron chi connectivity index (χ1n) is 10.2. The molecule has 1 aliphatic heterocycles. The predicted molar refractivity (Wildman–Crippen MR) is 112 cm³/mol. The average Bonchev–Trinajstić information content (AvgIpc) is 2.80. The SMILES string of the molecule is O=C(NCC=CCNc1cn[nH]c(=O)c1C(F)(F)F)N1CCN(c2ncc(C(F)(F)F)cn2)CC1. The molecule has 3 heterocycles. The van der Waals surface area contributed by atoms with Crippen LogP contribution in [0.5, 0.6) is 0 Å². The summed E-state index contributed by atoms with van der Waals surface area (Å²) in [6, 6.07) is -0.381. The number of anilines is 2. The number of H-pyrrole nitrogens is 1. The maximum atomic E-state index is 13.0. The van der Waals surface area contributed by atoms with Crippen molar-refractivity contribution in [1.82, 2.24) is 30.4 Å². The smallest absolute Gasteiger partial charge is 0.380 e. The number of carbonyl (C=O) groups is 1. The number of nitrogens with zero attached hydrogens (tertiary/aromatic N) is 5. The van der Waals surface area contributed by atoms with Gasteiger partial charge in [0.1, 0.15) is 5.56 Å². The zero-order valence-corrected chi connectivity index (χ0v) is 17.9. The molecule has 0 saturated carbocycles. The molecule has 0 spiro atoms. The van der Waals surface area contributed by atoms with Gasteiger partial charge in [-0.1, -0.05) is 12.2 Å². The van der Waals surface area contributed by atoms with Crippen LogP contribution in [0.4, 0.5) is 42.8 Å². The van der Waals surface area contributed by atoms with Crippen LogP contribution in [0.3, 0.4) is 0 Å². The van der Waals surface area contributed by atoms with Gasteiger partial charge in [-0.15, -0.1) is 0 Å². The molecule has 0 aliphatic carbocycles. The number of rotatable bonds is 6. The Morgan fingerprint density at radius 1 is 0.971 bits per heavy atom. The van der Waals surface area contributed by atoms with E-state index in [-0.39, 0.29) is 38.2 Å². The number of urea groups is 1. The van der Waals surface area contributed by atoms with E-state index in [0.717, 1.165) is 6.20 Å². The molecule has 0 unspecified atom stereocenters. The molecule has 0 aromatic carbocycles. The zero-order chi connectivity index (χ0) is 25.6. The molecule has 3 N–H and O–H groups in total. The number of carbonyl (C=O) groups excluding carboxylic acids is 1. The average molecular weight is 506 g/mol. The summed E-state index contributed by atoms with van der Waals surface area (Å²) < 4.78 is 76.8. The molecule has 35 heavy (non-hydrogen) atoms. The first kappa shape index (κ1) is 25.8. The lowest BCUT2D eigenvalue weighted by Crippen LogP contribution is -2.52. The third-order valence-corrected chi connectivity index (χ3v) is 4.90. The number of hydrogen-bond donors (Lipinski definition) is 3. The molecule has 0 radical (unpaired) electrons. The summed E-state index contributed by atoms with van der Waals surface area (Å²) >= 11 is 0. The number of aromatic nitrogens is 4. The van der Waals surface area contributed by atoms with Crippen LogP contribution in [-0.4, -0.2) is 70.4 Å². The van der Waals surface area contributed by atoms with Crippen LogP contribution < -0.4 is 21.1 Å². The van der Waals surface area contributed by atoms with Gasteiger partial charge >= 0.3 is 18.4 Å². The highest BCUT2D eigenvalue weighted by Gasteiger charge is 2.37. The molecule has 2 amide bonds. The summed E-state index contributed by atoms with van der Waals surface area (Å²) in [5, 5.41) is 10.2. The Balaban J connectivity index is 1.41. The predicted octanol–water partition coefficient (Wildman–Crippen LogP) is 2.10. The molecule has 10 nitrogen and oxygen atoms in total. The highest BCUT2D eigenvalue weighted by atomic mass is 19.4. The summed E-state index contributed by atoms with van der Waals surface area (Å²) in [6.07, 6.45) is -4.11. The molecule has 2 aromatic heterocycles. The molecule has 1 saturated heterocycles. The van der Waals surface area contributed by atoms with Crippen LogP contribution in [0.15, 0.2) is 35.5 Å². The standard InChI is InChI=1S/C19H20F6N8O2/c20-18(21,22)12-9-28-16(29-10-12)32-5-7-33(8-6-32)17(35)27-4-2-1-3-26-13-11-30-31-15(34)14(13)19(23,24)25/h1-2,9-11H,3-8H2,(H,27,35)(H2,26,31,34). The monoisotopic (exact) mass is 506 g/mol. The van der Waals surface area contributed by atoms with Gasteiger partial charge in [0.25, 0.3) is 5.56 Å². The Morgan fingerprint density at radius 2 is 1.60 bits per heavy atom. The number of alkyl halides is 6. The number of hydrogen-bond acceptors (Lipinski definition) is 7. The van der Waals surface area contributed by atoms with Crippen LogP contribution in [-0.2, 0) is 12.4 Å². The first-order valence-corrected chi connectivity index (χ1v) is 10.2. The van der Waals surface area contributed by atoms with E-state index in [1.807, 2.05) is 0 Å². The van der Waals surface area contributed by atoms with Gasteiger partial charge < -0.3 is 20.4 Å². The molecular weight excluding hydrogens is 486 g/mol. The largest absolute Gasteiger partial charge is 0.423 e. The van der Waals surface area contributed by atoms with Gasteiger partial charge in [-0.25, -0.2) is 19.9 Å². The van der Waals surface area contributed by atoms with Crippen molar-refractivity contribution in [2.45, 2.75) is 12.4 Å². The van der Waals surface area contributed by atoms with Crippen LogP contribution in [0.1, 0.15) is 11.1 Å². The van der Waals surface area contributed by atoms with E-state index in [2.05, 4.69) is 25.7 Å². The second-order valence-electron chi connectivity index (χ2n) is 7.27. The van der Waals surface area contributed by atoms with Crippen LogP contribution in [0.2, 0.25) is 0 Å². The first-order chi connectivity index (χ1) is 16.5. The molecule has 1 aliphatic rings. The minimum absolute atomic E-state index is 0.0457. The lowest BCUT2D eigenvalue weighted by molar-refractivity contribution is -0.139. The summed E-state index contributed by atoms with van der Waals surface area (Å²) in [5.74, 6) is 0.137. The fraction of sp³-hybridized carbons (Fsp3) is 0.421. The van der Waals surface area contributed by atoms with Crippen molar-refractivity contribution in [3.63, 3.8) is 0 Å². The van der Waals surface area contributed by atoms with E-state index in [9.17, 15) is 35.9 Å². The van der Waals surface area contributed by atoms with Gasteiger partial charge in [-0.3, -0.25) is 4.79 Å². The van der Waals surface area contributed by atoms with Crippen molar-refractivity contribution in [2.24, 2.45) is 0 Å². The number of piperazine rings is 1. The molecule has 1 fully saturated rings. The Morgan fingerprint density at radius 3 is 2.20 bits per heavy atom. The van der Waals surface area contributed by atoms with E-state index in [1.165, 1.54) is 17.1 Å². The summed E-state index contributed by atoms with van der Waals surface area (Å²) in [6.45, 7) is 1.28. The number of nitrogens with one attached hydrogen (secondary N) is 3. The molecule has 0 atom stereocenters. The Bertz CT molecular complexity index is 1090. The van der Waals surface area contributed by atoms with Crippen LogP contribution >= 0.6 is 0 Å². The van der Waals surface area contributed by atoms with E-state index in [1.54, 1.807) is 10.00 Å². The fourth-order valence-corrected chi connectivity index (χ4v) is 3.15. The van der Waals surface area contributed by atoms with Gasteiger partial charge in [0, 0.05) is 51.7 Å². The maximum absolute atomic E-state index is 13.0. The van der Waals surface area contributed by atoms with E-state index in [4.69, 9.17) is 0 Å². The number of halogens is 6. The van der Waals surface area contributed by atoms with E-state index < -0.39 is 34.7 Å². The van der Waals surface area contributed by atoms with Crippen molar-refractivity contribution in [1.29, 1.82) is 0 Å². The minimum atomic E-state index is -4.85. The van der Waals surface area contributed by atoms with Gasteiger partial charge in [0.2, 0.25) is 5.95 Å². The summed E-state index contributed by atoms with van der Waals surface area (Å²) in [4.78, 5) is 34.3. The van der Waals surface area contributed by atoms with Crippen molar-refractivity contribution in [3.05, 3.63) is 52.2 Å². The number of amides is 2. The van der Waals surface area contributed by atoms with Gasteiger partial charge in [0.15, 0.2) is 0 Å². The molecule has 190 valence electrons. The zero-order valence-electron chi connectivity index (χ0n) is 17.9. The van der Waals surface area contributed by atoms with Crippen molar-refractivity contribution in [3.8, 4) is 0 Å². The van der Waals surface area contributed by atoms with Crippen molar-refractivity contribution in [2.75, 3.05) is 49.5 Å². The van der Waals surface area contributed by atoms with E-state index >= 15 is 0 Å². The highest BCUT2D eigenvalue weighted by Crippen LogP contribution is 2.31. The molecule has 2 aromatic rings. The summed E-state index contributed by atoms with van der Waals surface area (Å²) in [5.41, 5.74) is -4.15. The fourth-order valence-electron chi connectivity index (χ4n) is 3.15. The molecular formula is C19H20F6N8O2. The minimum Gasteiger partial charge on any atom is -0.380 e. The summed E-state index contributed by atoms with van der Waals surface area (Å²) in [7, 11) is 0. The topological polar surface area (TPSA) is 119 Å². The Labute approximate surface area is 194 Å². The second-order valence-corrected chi connectivity index (χ2v) is 7.27. The molecule has 16 heteroatoms. The number of aromatic amines is 1. The van der Waals surface area contributed by atoms with Crippen molar-refractivity contribution < 1.29 is 31.1 Å². The van der Waals surface area contributed by atoms with Gasteiger partial charge in [-0.05, 0) is 0 Å². The van der Waals surface area contributed by atoms with Gasteiger partial charge in [-0.2, -0.15) is 31.4 Å². The normalized spacial score (nSPS) is 14.9. The Kier molecular flexibility index (Phi) is 7.81. The maximum Gasteiger partial charge on any atom is 0.423 e. The third-order valence-electron chi connectivity index (χ3n) is 4.90. The Hall–Kier alpha value is -3.85. The lowest BCUT2D eigenvalue weighted by Gasteiger charge is -2.34. The van der Waals surface area contributed by atoms with Crippen LogP contribution in [0.25, 0.3) is 0 Å². The van der Waals surface area contributed by atoms with Crippen molar-refractivity contribution >= 4 is 17.7 Å². The second kappa shape index (κ2) is 10.6. The lowest BCUT2D eigenvalue weighted by atomic mass is 10.2. The quantitative estimate of drug-likeness (QED) is 0.406. The van der Waals surface area contributed by atoms with Gasteiger partial charge in [0.05, 0.1) is 17.4 Å². The van der Waals surface area contributed by atoms with Crippen LogP contribution in [0, 0.1) is 0 Å². The molecule has 3 rings (SSSR count). The third kappa shape index (κ3) is 6.83.